The van der Waals surface area contributed by atoms with Gasteiger partial charge in [-0.15, -0.1) is 0 Å². The SMILES string of the molecule is O=C=Nc1cncc(C2CCSC2)c1. The molecule has 3 nitrogen and oxygen atoms in total. The second-order valence-electron chi connectivity index (χ2n) is 3.24. The predicted octanol–water partition coefficient (Wildman–Crippen LogP) is 2.27. The summed E-state index contributed by atoms with van der Waals surface area (Å²) in [5.74, 6) is 2.94. The first-order valence-corrected chi connectivity index (χ1v) is 5.66. The summed E-state index contributed by atoms with van der Waals surface area (Å²) in [7, 11) is 0. The van der Waals surface area contributed by atoms with Gasteiger partial charge in [-0.05, 0) is 29.7 Å². The maximum atomic E-state index is 10.1. The van der Waals surface area contributed by atoms with Crippen LogP contribution in [0.4, 0.5) is 5.69 Å². The lowest BCUT2D eigenvalue weighted by Crippen LogP contribution is -1.96. The normalized spacial score (nSPS) is 20.4. The highest BCUT2D eigenvalue weighted by Gasteiger charge is 2.17. The summed E-state index contributed by atoms with van der Waals surface area (Å²) >= 11 is 1.96. The lowest BCUT2D eigenvalue weighted by Gasteiger charge is -2.07. The van der Waals surface area contributed by atoms with E-state index in [0.717, 1.165) is 5.75 Å². The fourth-order valence-corrected chi connectivity index (χ4v) is 2.84. The fourth-order valence-electron chi connectivity index (χ4n) is 1.58. The Kier molecular flexibility index (Phi) is 2.96. The van der Waals surface area contributed by atoms with E-state index in [1.54, 1.807) is 6.20 Å². The highest BCUT2D eigenvalue weighted by molar-refractivity contribution is 7.99. The van der Waals surface area contributed by atoms with E-state index in [1.165, 1.54) is 23.8 Å². The Morgan fingerprint density at radius 3 is 3.21 bits per heavy atom. The van der Waals surface area contributed by atoms with Crippen LogP contribution in [0.25, 0.3) is 0 Å². The van der Waals surface area contributed by atoms with Crippen LogP contribution < -0.4 is 0 Å². The molecule has 0 amide bonds. The molecule has 1 aliphatic rings. The second kappa shape index (κ2) is 4.40. The first-order valence-electron chi connectivity index (χ1n) is 4.50. The summed E-state index contributed by atoms with van der Waals surface area (Å²) in [6.07, 6.45) is 6.17. The zero-order valence-electron chi connectivity index (χ0n) is 7.64. The number of pyridine rings is 1. The van der Waals surface area contributed by atoms with E-state index in [-0.39, 0.29) is 0 Å². The lowest BCUT2D eigenvalue weighted by atomic mass is 10.0. The molecule has 72 valence electrons. The number of hydrogen-bond acceptors (Lipinski definition) is 4. The van der Waals surface area contributed by atoms with Crippen LogP contribution in [0.5, 0.6) is 0 Å². The van der Waals surface area contributed by atoms with Crippen molar-refractivity contribution in [3.63, 3.8) is 0 Å². The molecule has 1 saturated heterocycles. The third-order valence-electron chi connectivity index (χ3n) is 2.32. The Morgan fingerprint density at radius 1 is 1.57 bits per heavy atom. The van der Waals surface area contributed by atoms with Crippen molar-refractivity contribution >= 4 is 23.5 Å². The molecule has 0 radical (unpaired) electrons. The third-order valence-corrected chi connectivity index (χ3v) is 3.48. The van der Waals surface area contributed by atoms with Crippen molar-refractivity contribution in [2.45, 2.75) is 12.3 Å². The molecule has 1 aliphatic heterocycles. The van der Waals surface area contributed by atoms with Crippen molar-refractivity contribution in [2.75, 3.05) is 11.5 Å². The maximum Gasteiger partial charge on any atom is 0.240 e. The van der Waals surface area contributed by atoms with E-state index in [9.17, 15) is 4.79 Å². The fraction of sp³-hybridized carbons (Fsp3) is 0.400. The molecule has 0 N–H and O–H groups in total. The van der Waals surface area contributed by atoms with Crippen molar-refractivity contribution in [2.24, 2.45) is 4.99 Å². The van der Waals surface area contributed by atoms with Gasteiger partial charge in [-0.3, -0.25) is 4.98 Å². The van der Waals surface area contributed by atoms with Crippen molar-refractivity contribution in [3.8, 4) is 0 Å². The first kappa shape index (κ1) is 9.44. The molecule has 1 fully saturated rings. The number of aromatic nitrogens is 1. The van der Waals surface area contributed by atoms with Gasteiger partial charge in [-0.25, -0.2) is 4.79 Å². The van der Waals surface area contributed by atoms with Crippen LogP contribution in [0, 0.1) is 0 Å². The Hall–Kier alpha value is -1.12. The summed E-state index contributed by atoms with van der Waals surface area (Å²) in [6, 6.07) is 1.93. The quantitative estimate of drug-likeness (QED) is 0.550. The molecule has 14 heavy (non-hydrogen) atoms. The van der Waals surface area contributed by atoms with E-state index < -0.39 is 0 Å². The Bertz CT molecular complexity index is 368. The Balaban J connectivity index is 2.24. The van der Waals surface area contributed by atoms with Crippen LogP contribution in [-0.4, -0.2) is 22.6 Å². The number of hydrogen-bond donors (Lipinski definition) is 0. The lowest BCUT2D eigenvalue weighted by molar-refractivity contribution is 0.565. The summed E-state index contributed by atoms with van der Waals surface area (Å²) in [4.78, 5) is 17.7. The monoisotopic (exact) mass is 206 g/mol. The van der Waals surface area contributed by atoms with Crippen LogP contribution in [0.3, 0.4) is 0 Å². The first-order chi connectivity index (χ1) is 6.90. The van der Waals surface area contributed by atoms with Gasteiger partial charge in [-0.1, -0.05) is 0 Å². The van der Waals surface area contributed by atoms with Crippen LogP contribution in [0.1, 0.15) is 17.9 Å². The molecular weight excluding hydrogens is 196 g/mol. The van der Waals surface area contributed by atoms with Gasteiger partial charge in [0, 0.05) is 11.9 Å². The van der Waals surface area contributed by atoms with Crippen molar-refractivity contribution in [1.29, 1.82) is 0 Å². The molecule has 1 unspecified atom stereocenters. The van der Waals surface area contributed by atoms with Crippen molar-refractivity contribution in [3.05, 3.63) is 24.0 Å². The summed E-state index contributed by atoms with van der Waals surface area (Å²) < 4.78 is 0. The zero-order chi connectivity index (χ0) is 9.80. The molecule has 0 saturated carbocycles. The highest BCUT2D eigenvalue weighted by Crippen LogP contribution is 2.32. The number of rotatable bonds is 2. The van der Waals surface area contributed by atoms with E-state index in [0.29, 0.717) is 11.6 Å². The van der Waals surface area contributed by atoms with Crippen molar-refractivity contribution < 1.29 is 4.79 Å². The number of aliphatic imine (C=N–C) groups is 1. The topological polar surface area (TPSA) is 42.3 Å². The Labute approximate surface area is 86.6 Å². The molecule has 4 heteroatoms. The molecule has 1 aromatic rings. The molecule has 0 aromatic carbocycles. The van der Waals surface area contributed by atoms with Crippen LogP contribution in [0.15, 0.2) is 23.5 Å². The predicted molar refractivity (Wildman–Crippen MR) is 56.7 cm³/mol. The maximum absolute atomic E-state index is 10.1. The smallest absolute Gasteiger partial charge is 0.240 e. The van der Waals surface area contributed by atoms with Gasteiger partial charge in [0.2, 0.25) is 6.08 Å². The van der Waals surface area contributed by atoms with E-state index in [2.05, 4.69) is 9.98 Å². The van der Waals surface area contributed by atoms with Gasteiger partial charge in [0.1, 0.15) is 0 Å². The van der Waals surface area contributed by atoms with Gasteiger partial charge in [0.05, 0.1) is 11.9 Å². The van der Waals surface area contributed by atoms with E-state index in [4.69, 9.17) is 0 Å². The third kappa shape index (κ3) is 2.03. The van der Waals surface area contributed by atoms with Gasteiger partial charge in [0.15, 0.2) is 0 Å². The minimum atomic E-state index is 0.578. The zero-order valence-corrected chi connectivity index (χ0v) is 8.46. The minimum Gasteiger partial charge on any atom is -0.262 e. The molecule has 1 atom stereocenters. The van der Waals surface area contributed by atoms with Crippen molar-refractivity contribution in [1.82, 2.24) is 4.98 Å². The number of nitrogens with zero attached hydrogens (tertiary/aromatic N) is 2. The highest BCUT2D eigenvalue weighted by atomic mass is 32.2. The van der Waals surface area contributed by atoms with Crippen LogP contribution in [0.2, 0.25) is 0 Å². The average Bonchev–Trinajstić information content (AvgIpc) is 2.71. The van der Waals surface area contributed by atoms with E-state index >= 15 is 0 Å². The molecule has 1 aromatic heterocycles. The van der Waals surface area contributed by atoms with Gasteiger partial charge in [0.25, 0.3) is 0 Å². The minimum absolute atomic E-state index is 0.578. The molecule has 0 aliphatic carbocycles. The summed E-state index contributed by atoms with van der Waals surface area (Å²) in [5, 5.41) is 0. The standard InChI is InChI=1S/C10H10N2OS/c13-7-12-10-3-9(4-11-5-10)8-1-2-14-6-8/h3-5,8H,1-2,6H2. The summed E-state index contributed by atoms with van der Waals surface area (Å²) in [5.41, 5.74) is 1.79. The molecule has 2 rings (SSSR count). The number of isocyanates is 1. The molecule has 0 bridgehead atoms. The van der Waals surface area contributed by atoms with Gasteiger partial charge in [-0.2, -0.15) is 16.8 Å². The summed E-state index contributed by atoms with van der Waals surface area (Å²) in [6.45, 7) is 0. The number of carbonyl (C=O) groups excluding carboxylic acids is 1. The van der Waals surface area contributed by atoms with Crippen LogP contribution in [-0.2, 0) is 4.79 Å². The number of thioether (sulfide) groups is 1. The van der Waals surface area contributed by atoms with Crippen LogP contribution >= 0.6 is 11.8 Å². The van der Waals surface area contributed by atoms with E-state index in [1.807, 2.05) is 24.0 Å². The Morgan fingerprint density at radius 2 is 2.50 bits per heavy atom. The largest absolute Gasteiger partial charge is 0.262 e. The van der Waals surface area contributed by atoms with Gasteiger partial charge < -0.3 is 0 Å². The average molecular weight is 206 g/mol. The second-order valence-corrected chi connectivity index (χ2v) is 4.39. The van der Waals surface area contributed by atoms with Gasteiger partial charge >= 0.3 is 0 Å². The molecule has 2 heterocycles. The molecular formula is C10H10N2OS. The molecule has 0 spiro atoms.